The largest absolute Gasteiger partial charge is 0.545 e. The molecule has 0 aromatic rings. The summed E-state index contributed by atoms with van der Waals surface area (Å²) in [6.07, 6.45) is 61.5. The van der Waals surface area contributed by atoms with Gasteiger partial charge in [-0.15, -0.1) is 0 Å². The van der Waals surface area contributed by atoms with Gasteiger partial charge in [0.15, 0.2) is 12.4 Å². The van der Waals surface area contributed by atoms with Crippen molar-refractivity contribution in [3.05, 3.63) is 97.2 Å². The van der Waals surface area contributed by atoms with Crippen molar-refractivity contribution in [2.45, 2.75) is 206 Å². The van der Waals surface area contributed by atoms with E-state index in [1.54, 1.807) is 0 Å². The van der Waals surface area contributed by atoms with Gasteiger partial charge >= 0.3 is 11.9 Å². The van der Waals surface area contributed by atoms with Crippen LogP contribution in [0.3, 0.4) is 0 Å². The van der Waals surface area contributed by atoms with E-state index in [9.17, 15) is 19.5 Å². The molecule has 0 amide bonds. The SMILES string of the molecule is CC/C=C\C/C=C\C/C=C\C/C=C\C/C=C\CCCCCCCCCC(=O)OC(COC(=O)CCCCCCCC/C=C\C/C=C\C/C=C\CCCCC)COC(OCC[N+](C)(C)C)C(=O)[O-]. The molecule has 0 aliphatic heterocycles. The Morgan fingerprint density at radius 1 is 0.463 bits per heavy atom. The molecule has 0 bridgehead atoms. The van der Waals surface area contributed by atoms with E-state index in [1.165, 1.54) is 51.4 Å². The highest BCUT2D eigenvalue weighted by molar-refractivity contribution is 5.70. The monoisotopic (exact) mass is 936 g/mol. The maximum absolute atomic E-state index is 12.8. The van der Waals surface area contributed by atoms with Crippen LogP contribution in [0.25, 0.3) is 0 Å². The lowest BCUT2D eigenvalue weighted by Gasteiger charge is -2.26. The Balaban J connectivity index is 4.40. The zero-order valence-electron chi connectivity index (χ0n) is 43.2. The predicted molar refractivity (Wildman–Crippen MR) is 278 cm³/mol. The number of ether oxygens (including phenoxy) is 4. The van der Waals surface area contributed by atoms with E-state index in [0.717, 1.165) is 109 Å². The molecule has 0 radical (unpaired) electrons. The minimum atomic E-state index is -1.63. The molecule has 9 heteroatoms. The second-order valence-corrected chi connectivity index (χ2v) is 18.4. The van der Waals surface area contributed by atoms with Crippen LogP contribution in [0.15, 0.2) is 97.2 Å². The Hall–Kier alpha value is -3.79. The number of quaternary nitrogens is 1. The predicted octanol–water partition coefficient (Wildman–Crippen LogP) is 13.7. The number of carboxylic acid groups (broad SMARTS) is 1. The quantitative estimate of drug-likeness (QED) is 0.0195. The second kappa shape index (κ2) is 48.7. The summed E-state index contributed by atoms with van der Waals surface area (Å²) in [6, 6.07) is 0. The van der Waals surface area contributed by atoms with Gasteiger partial charge in [-0.25, -0.2) is 0 Å². The van der Waals surface area contributed by atoms with Gasteiger partial charge in [0.2, 0.25) is 0 Å². The number of hydrogen-bond donors (Lipinski definition) is 0. The van der Waals surface area contributed by atoms with Crippen LogP contribution in [0.2, 0.25) is 0 Å². The lowest BCUT2D eigenvalue weighted by atomic mass is 10.1. The topological polar surface area (TPSA) is 111 Å². The van der Waals surface area contributed by atoms with E-state index in [1.807, 2.05) is 21.1 Å². The number of carbonyl (C=O) groups excluding carboxylic acids is 3. The van der Waals surface area contributed by atoms with Gasteiger partial charge in [0.05, 0.1) is 40.3 Å². The first-order valence-electron chi connectivity index (χ1n) is 26.4. The van der Waals surface area contributed by atoms with Crippen LogP contribution in [0.4, 0.5) is 0 Å². The third kappa shape index (κ3) is 49.9. The number of unbranched alkanes of at least 4 members (excludes halogenated alkanes) is 16. The van der Waals surface area contributed by atoms with Crippen LogP contribution in [0.5, 0.6) is 0 Å². The van der Waals surface area contributed by atoms with Crippen molar-refractivity contribution < 1.29 is 42.9 Å². The van der Waals surface area contributed by atoms with E-state index in [2.05, 4.69) is 111 Å². The molecule has 0 saturated carbocycles. The first kappa shape index (κ1) is 63.2. The number of likely N-dealkylation sites (N-methyl/N-ethyl adjacent to an activating group) is 1. The molecular formula is C58H97NO8. The van der Waals surface area contributed by atoms with Crippen molar-refractivity contribution in [3.8, 4) is 0 Å². The van der Waals surface area contributed by atoms with Crippen molar-refractivity contribution in [2.24, 2.45) is 0 Å². The van der Waals surface area contributed by atoms with Crippen LogP contribution in [0.1, 0.15) is 194 Å². The van der Waals surface area contributed by atoms with Crippen LogP contribution >= 0.6 is 0 Å². The van der Waals surface area contributed by atoms with E-state index < -0.39 is 24.3 Å². The van der Waals surface area contributed by atoms with Crippen LogP contribution < -0.4 is 5.11 Å². The van der Waals surface area contributed by atoms with E-state index in [4.69, 9.17) is 18.9 Å². The summed E-state index contributed by atoms with van der Waals surface area (Å²) in [4.78, 5) is 37.2. The number of aliphatic carboxylic acids is 1. The first-order chi connectivity index (χ1) is 32.6. The molecule has 67 heavy (non-hydrogen) atoms. The van der Waals surface area contributed by atoms with Gasteiger partial charge in [-0.05, 0) is 96.3 Å². The molecule has 0 N–H and O–H groups in total. The lowest BCUT2D eigenvalue weighted by molar-refractivity contribution is -0.870. The molecule has 0 heterocycles. The fourth-order valence-electron chi connectivity index (χ4n) is 6.74. The summed E-state index contributed by atoms with van der Waals surface area (Å²) in [5, 5.41) is 11.7. The molecule has 9 nitrogen and oxygen atoms in total. The van der Waals surface area contributed by atoms with Crippen molar-refractivity contribution in [1.29, 1.82) is 0 Å². The van der Waals surface area contributed by atoms with Gasteiger partial charge in [0.1, 0.15) is 13.2 Å². The number of rotatable bonds is 47. The van der Waals surface area contributed by atoms with Crippen molar-refractivity contribution in [2.75, 3.05) is 47.5 Å². The molecule has 0 spiro atoms. The zero-order chi connectivity index (χ0) is 49.2. The van der Waals surface area contributed by atoms with Crippen LogP contribution in [0, 0.1) is 0 Å². The normalized spacial score (nSPS) is 13.6. The second-order valence-electron chi connectivity index (χ2n) is 18.4. The number of esters is 2. The summed E-state index contributed by atoms with van der Waals surface area (Å²) < 4.78 is 22.6. The number of hydrogen-bond acceptors (Lipinski definition) is 8. The summed E-state index contributed by atoms with van der Waals surface area (Å²) in [5.41, 5.74) is 0. The Bertz CT molecular complexity index is 1420. The Labute approximate surface area is 410 Å². The molecule has 2 atom stereocenters. The standard InChI is InChI=1S/C58H97NO8/c1-6-8-10-12-14-16-18-20-22-24-26-27-28-29-31-33-35-37-39-41-43-45-47-49-56(61)67-54(53-66-58(57(62)63)64-51-50-59(3,4)5)52-65-55(60)48-46-44-42-40-38-36-34-32-30-25-23-21-19-17-15-13-11-9-7-2/h8,10,14-17,20-23,26-27,29-32,54,58H,6-7,9,11-13,18-19,24-25,28,33-53H2,1-5H3/b10-8-,16-14-,17-15-,22-20-,23-21-,27-26-,31-29-,32-30-. The summed E-state index contributed by atoms with van der Waals surface area (Å²) in [6.45, 7) is 4.56. The van der Waals surface area contributed by atoms with Crippen molar-refractivity contribution in [3.63, 3.8) is 0 Å². The van der Waals surface area contributed by atoms with Crippen molar-refractivity contribution >= 4 is 17.9 Å². The summed E-state index contributed by atoms with van der Waals surface area (Å²) in [5.74, 6) is -2.33. The van der Waals surface area contributed by atoms with Crippen LogP contribution in [-0.4, -0.2) is 82.3 Å². The highest BCUT2D eigenvalue weighted by Crippen LogP contribution is 2.13. The summed E-state index contributed by atoms with van der Waals surface area (Å²) in [7, 11) is 5.90. The fraction of sp³-hybridized carbons (Fsp3) is 0.672. The van der Waals surface area contributed by atoms with E-state index >= 15 is 0 Å². The van der Waals surface area contributed by atoms with Gasteiger partial charge in [0.25, 0.3) is 0 Å². The Morgan fingerprint density at radius 3 is 1.27 bits per heavy atom. The van der Waals surface area contributed by atoms with Gasteiger partial charge in [-0.2, -0.15) is 0 Å². The molecule has 0 aliphatic rings. The first-order valence-corrected chi connectivity index (χ1v) is 26.4. The summed E-state index contributed by atoms with van der Waals surface area (Å²) >= 11 is 0. The number of allylic oxidation sites excluding steroid dienone is 16. The lowest BCUT2D eigenvalue weighted by Crippen LogP contribution is -2.44. The van der Waals surface area contributed by atoms with Crippen LogP contribution in [-0.2, 0) is 33.3 Å². The number of carbonyl (C=O) groups is 3. The number of nitrogens with zero attached hydrogens (tertiary/aromatic N) is 1. The molecule has 0 fully saturated rings. The molecule has 0 aromatic heterocycles. The molecule has 0 saturated heterocycles. The average Bonchev–Trinajstić information content (AvgIpc) is 3.29. The molecular weight excluding hydrogens is 839 g/mol. The number of carboxylic acids is 1. The molecule has 0 aliphatic carbocycles. The van der Waals surface area contributed by atoms with E-state index in [-0.39, 0.29) is 38.6 Å². The van der Waals surface area contributed by atoms with E-state index in [0.29, 0.717) is 17.4 Å². The molecule has 0 rings (SSSR count). The van der Waals surface area contributed by atoms with Gasteiger partial charge < -0.3 is 33.3 Å². The van der Waals surface area contributed by atoms with Gasteiger partial charge in [-0.1, -0.05) is 182 Å². The highest BCUT2D eigenvalue weighted by Gasteiger charge is 2.21. The van der Waals surface area contributed by atoms with Gasteiger partial charge in [0, 0.05) is 12.8 Å². The Morgan fingerprint density at radius 2 is 0.851 bits per heavy atom. The molecule has 382 valence electrons. The maximum Gasteiger partial charge on any atom is 0.306 e. The van der Waals surface area contributed by atoms with Crippen molar-refractivity contribution in [1.82, 2.24) is 0 Å². The molecule has 0 aromatic carbocycles. The highest BCUT2D eigenvalue weighted by atomic mass is 16.7. The zero-order valence-corrected chi connectivity index (χ0v) is 43.2. The smallest absolute Gasteiger partial charge is 0.306 e. The maximum atomic E-state index is 12.8. The third-order valence-corrected chi connectivity index (χ3v) is 10.8. The van der Waals surface area contributed by atoms with Gasteiger partial charge in [-0.3, -0.25) is 9.59 Å². The minimum absolute atomic E-state index is 0.137. The minimum Gasteiger partial charge on any atom is -0.545 e. The molecule has 2 unspecified atom stereocenters. The third-order valence-electron chi connectivity index (χ3n) is 10.8. The average molecular weight is 936 g/mol. The fourth-order valence-corrected chi connectivity index (χ4v) is 6.74. The Kier molecular flexibility index (Phi) is 45.9.